The molecule has 0 aromatic heterocycles. The van der Waals surface area contributed by atoms with Crippen molar-refractivity contribution in [3.63, 3.8) is 0 Å². The summed E-state index contributed by atoms with van der Waals surface area (Å²) in [6.07, 6.45) is 5.93. The number of carbonyl (C=O) groups is 1. The van der Waals surface area contributed by atoms with E-state index in [0.29, 0.717) is 0 Å². The normalized spacial score (nSPS) is 14.1. The molecule has 0 saturated carbocycles. The first-order chi connectivity index (χ1) is 5.16. The van der Waals surface area contributed by atoms with Gasteiger partial charge in [0.25, 0.3) is 0 Å². The lowest BCUT2D eigenvalue weighted by Crippen LogP contribution is -2.22. The second kappa shape index (κ2) is 5.68. The van der Waals surface area contributed by atoms with Crippen LogP contribution in [0.1, 0.15) is 13.8 Å². The molecule has 0 bridgehead atoms. The van der Waals surface area contributed by atoms with E-state index in [1.807, 2.05) is 13.0 Å². The minimum atomic E-state index is -0.544. The molecular weight excluding hydrogens is 142 g/mol. The minimum absolute atomic E-state index is 0.418. The molecule has 0 aliphatic carbocycles. The van der Waals surface area contributed by atoms with Crippen molar-refractivity contribution >= 4 is 5.97 Å². The second-order valence-electron chi connectivity index (χ2n) is 2.03. The lowest BCUT2D eigenvalue weighted by atomic mass is 10.4. The highest BCUT2D eigenvalue weighted by atomic mass is 16.5. The maximum atomic E-state index is 10.7. The Balaban J connectivity index is 3.69. The SMILES string of the molecule is C/C=C/C=C/C(=O)OC(C)N. The number of allylic oxidation sites excluding steroid dienone is 3. The Morgan fingerprint density at radius 3 is 2.64 bits per heavy atom. The lowest BCUT2D eigenvalue weighted by Gasteiger charge is -2.03. The summed E-state index contributed by atoms with van der Waals surface area (Å²) in [6.45, 7) is 3.46. The van der Waals surface area contributed by atoms with Gasteiger partial charge in [0, 0.05) is 6.08 Å². The lowest BCUT2D eigenvalue weighted by molar-refractivity contribution is -0.141. The fourth-order valence-electron chi connectivity index (χ4n) is 0.468. The molecule has 0 aromatic rings. The van der Waals surface area contributed by atoms with Crippen molar-refractivity contribution in [2.24, 2.45) is 5.73 Å². The van der Waals surface area contributed by atoms with Gasteiger partial charge in [-0.25, -0.2) is 4.79 Å². The van der Waals surface area contributed by atoms with Gasteiger partial charge in [0.15, 0.2) is 0 Å². The van der Waals surface area contributed by atoms with Crippen LogP contribution in [0.3, 0.4) is 0 Å². The van der Waals surface area contributed by atoms with Gasteiger partial charge >= 0.3 is 5.97 Å². The van der Waals surface area contributed by atoms with E-state index in [9.17, 15) is 4.79 Å². The molecule has 3 nitrogen and oxygen atoms in total. The van der Waals surface area contributed by atoms with Gasteiger partial charge in [-0.1, -0.05) is 18.2 Å². The summed E-state index contributed by atoms with van der Waals surface area (Å²) in [6, 6.07) is 0. The fourth-order valence-corrected chi connectivity index (χ4v) is 0.468. The number of hydrogen-bond acceptors (Lipinski definition) is 3. The van der Waals surface area contributed by atoms with E-state index in [-0.39, 0.29) is 0 Å². The van der Waals surface area contributed by atoms with E-state index >= 15 is 0 Å². The van der Waals surface area contributed by atoms with Crippen LogP contribution in [0.15, 0.2) is 24.3 Å². The summed E-state index contributed by atoms with van der Waals surface area (Å²) < 4.78 is 4.61. The van der Waals surface area contributed by atoms with E-state index < -0.39 is 12.2 Å². The summed E-state index contributed by atoms with van der Waals surface area (Å²) in [5.41, 5.74) is 5.20. The smallest absolute Gasteiger partial charge is 0.332 e. The van der Waals surface area contributed by atoms with Crippen LogP contribution in [0.25, 0.3) is 0 Å². The van der Waals surface area contributed by atoms with Gasteiger partial charge in [0.1, 0.15) is 6.23 Å². The van der Waals surface area contributed by atoms with Crippen molar-refractivity contribution in [3.05, 3.63) is 24.3 Å². The van der Waals surface area contributed by atoms with Crippen LogP contribution in [0, 0.1) is 0 Å². The number of nitrogens with two attached hydrogens (primary N) is 1. The molecule has 0 saturated heterocycles. The second-order valence-corrected chi connectivity index (χ2v) is 2.03. The molecule has 0 heterocycles. The molecular formula is C8H13NO2. The van der Waals surface area contributed by atoms with Crippen LogP contribution in [0.4, 0.5) is 0 Å². The average molecular weight is 155 g/mol. The highest BCUT2D eigenvalue weighted by molar-refractivity contribution is 5.82. The fraction of sp³-hybridized carbons (Fsp3) is 0.375. The van der Waals surface area contributed by atoms with Crippen molar-refractivity contribution < 1.29 is 9.53 Å². The number of esters is 1. The molecule has 0 aromatic carbocycles. The molecule has 62 valence electrons. The van der Waals surface area contributed by atoms with Gasteiger partial charge in [-0.15, -0.1) is 0 Å². The summed E-state index contributed by atoms with van der Waals surface area (Å²) in [7, 11) is 0. The van der Waals surface area contributed by atoms with Crippen molar-refractivity contribution in [3.8, 4) is 0 Å². The Morgan fingerprint density at radius 2 is 2.18 bits per heavy atom. The molecule has 1 unspecified atom stereocenters. The van der Waals surface area contributed by atoms with Gasteiger partial charge in [0.05, 0.1) is 0 Å². The molecule has 11 heavy (non-hydrogen) atoms. The highest BCUT2D eigenvalue weighted by Crippen LogP contribution is 1.85. The monoisotopic (exact) mass is 155 g/mol. The number of carbonyl (C=O) groups excluding carboxylic acids is 1. The maximum Gasteiger partial charge on any atom is 0.332 e. The zero-order valence-electron chi connectivity index (χ0n) is 6.78. The average Bonchev–Trinajstić information content (AvgIpc) is 1.86. The van der Waals surface area contributed by atoms with Crippen LogP contribution in [-0.2, 0) is 9.53 Å². The molecule has 0 aliphatic rings. The zero-order valence-corrected chi connectivity index (χ0v) is 6.78. The first-order valence-corrected chi connectivity index (χ1v) is 3.42. The molecule has 1 atom stereocenters. The molecule has 0 fully saturated rings. The van der Waals surface area contributed by atoms with E-state index in [2.05, 4.69) is 4.74 Å². The zero-order chi connectivity index (χ0) is 8.69. The molecule has 0 radical (unpaired) electrons. The van der Waals surface area contributed by atoms with Crippen LogP contribution < -0.4 is 5.73 Å². The number of rotatable bonds is 3. The topological polar surface area (TPSA) is 52.3 Å². The molecule has 0 spiro atoms. The summed E-state index contributed by atoms with van der Waals surface area (Å²) in [5.74, 6) is -0.418. The van der Waals surface area contributed by atoms with Crippen molar-refractivity contribution in [2.75, 3.05) is 0 Å². The Morgan fingerprint density at radius 1 is 1.55 bits per heavy atom. The third-order valence-electron chi connectivity index (χ3n) is 0.838. The van der Waals surface area contributed by atoms with Gasteiger partial charge in [0.2, 0.25) is 0 Å². The van der Waals surface area contributed by atoms with Crippen LogP contribution in [-0.4, -0.2) is 12.2 Å². The third kappa shape index (κ3) is 6.80. The van der Waals surface area contributed by atoms with Crippen LogP contribution >= 0.6 is 0 Å². The molecule has 0 aliphatic heterocycles. The highest BCUT2D eigenvalue weighted by Gasteiger charge is 1.97. The van der Waals surface area contributed by atoms with Gasteiger partial charge in [-0.2, -0.15) is 0 Å². The van der Waals surface area contributed by atoms with E-state index in [0.717, 1.165) is 0 Å². The summed E-state index contributed by atoms with van der Waals surface area (Å²) in [4.78, 5) is 10.7. The van der Waals surface area contributed by atoms with Crippen LogP contribution in [0.5, 0.6) is 0 Å². The largest absolute Gasteiger partial charge is 0.444 e. The minimum Gasteiger partial charge on any atom is -0.444 e. The Hall–Kier alpha value is -1.09. The number of hydrogen-bond donors (Lipinski definition) is 1. The van der Waals surface area contributed by atoms with Gasteiger partial charge < -0.3 is 4.74 Å². The van der Waals surface area contributed by atoms with Gasteiger partial charge in [-0.05, 0) is 13.8 Å². The summed E-state index contributed by atoms with van der Waals surface area (Å²) in [5, 5.41) is 0. The van der Waals surface area contributed by atoms with Gasteiger partial charge in [-0.3, -0.25) is 5.73 Å². The first kappa shape index (κ1) is 9.91. The predicted molar refractivity (Wildman–Crippen MR) is 43.7 cm³/mol. The number of ether oxygens (including phenoxy) is 1. The van der Waals surface area contributed by atoms with Crippen molar-refractivity contribution in [1.82, 2.24) is 0 Å². The molecule has 0 amide bonds. The summed E-state index contributed by atoms with van der Waals surface area (Å²) >= 11 is 0. The standard InChI is InChI=1S/C8H13NO2/c1-3-4-5-6-8(10)11-7(2)9/h3-7H,9H2,1-2H3/b4-3+,6-5+. The van der Waals surface area contributed by atoms with Crippen molar-refractivity contribution in [1.29, 1.82) is 0 Å². The predicted octanol–water partition coefficient (Wildman–Crippen LogP) is 0.967. The third-order valence-corrected chi connectivity index (χ3v) is 0.838. The Labute approximate surface area is 66.5 Å². The Kier molecular flexibility index (Phi) is 5.11. The first-order valence-electron chi connectivity index (χ1n) is 3.42. The maximum absolute atomic E-state index is 10.7. The van der Waals surface area contributed by atoms with Crippen LogP contribution in [0.2, 0.25) is 0 Å². The molecule has 3 heteroatoms. The van der Waals surface area contributed by atoms with E-state index in [4.69, 9.17) is 5.73 Å². The Bertz CT molecular complexity index is 171. The molecule has 2 N–H and O–H groups in total. The molecule has 0 rings (SSSR count). The van der Waals surface area contributed by atoms with E-state index in [1.165, 1.54) is 6.08 Å². The van der Waals surface area contributed by atoms with Crippen molar-refractivity contribution in [2.45, 2.75) is 20.1 Å². The van der Waals surface area contributed by atoms with E-state index in [1.54, 1.807) is 19.1 Å². The quantitative estimate of drug-likeness (QED) is 0.286.